The van der Waals surface area contributed by atoms with Gasteiger partial charge in [0.15, 0.2) is 0 Å². The minimum Gasteiger partial charge on any atom is -0.497 e. The van der Waals surface area contributed by atoms with E-state index in [0.717, 1.165) is 11.3 Å². The summed E-state index contributed by atoms with van der Waals surface area (Å²) in [5.41, 5.74) is 2.12. The number of nitrogens with one attached hydrogen (secondary N) is 1. The van der Waals surface area contributed by atoms with Crippen LogP contribution in [0.15, 0.2) is 71.2 Å². The molecule has 0 unspecified atom stereocenters. The van der Waals surface area contributed by atoms with Gasteiger partial charge < -0.3 is 14.8 Å². The number of anilines is 1. The molecule has 0 heterocycles. The second kappa shape index (κ2) is 8.68. The van der Waals surface area contributed by atoms with Crippen LogP contribution in [0.4, 0.5) is 10.1 Å². The van der Waals surface area contributed by atoms with Gasteiger partial charge in [-0.1, -0.05) is 12.1 Å². The molecule has 0 aromatic heterocycles. The maximum atomic E-state index is 13.1. The summed E-state index contributed by atoms with van der Waals surface area (Å²) in [5, 5.41) is 2.83. The predicted octanol–water partition coefficient (Wildman–Crippen LogP) is 5.43. The highest BCUT2D eigenvalue weighted by molar-refractivity contribution is 9.10. The number of rotatable bonds is 6. The van der Waals surface area contributed by atoms with Crippen LogP contribution in [-0.2, 0) is 6.61 Å². The number of halogens is 2. The third kappa shape index (κ3) is 5.08. The summed E-state index contributed by atoms with van der Waals surface area (Å²) in [6.45, 7) is 0.310. The first-order chi connectivity index (χ1) is 13.0. The molecule has 0 aliphatic rings. The van der Waals surface area contributed by atoms with E-state index in [9.17, 15) is 9.18 Å². The number of benzene rings is 3. The molecular weight excluding hydrogens is 413 g/mol. The van der Waals surface area contributed by atoms with Gasteiger partial charge in [-0.15, -0.1) is 0 Å². The third-order valence-corrected chi connectivity index (χ3v) is 4.47. The van der Waals surface area contributed by atoms with E-state index in [1.165, 1.54) is 12.1 Å². The normalized spacial score (nSPS) is 10.3. The second-order valence-electron chi connectivity index (χ2n) is 5.74. The molecule has 0 aliphatic heterocycles. The highest BCUT2D eigenvalue weighted by Crippen LogP contribution is 2.26. The Balaban J connectivity index is 1.59. The molecule has 27 heavy (non-hydrogen) atoms. The van der Waals surface area contributed by atoms with Crippen LogP contribution in [0.5, 0.6) is 11.5 Å². The van der Waals surface area contributed by atoms with Gasteiger partial charge in [0.1, 0.15) is 23.9 Å². The van der Waals surface area contributed by atoms with Crippen LogP contribution in [0.1, 0.15) is 15.9 Å². The number of amides is 1. The fourth-order valence-electron chi connectivity index (χ4n) is 2.38. The number of methoxy groups -OCH3 is 1. The fraction of sp³-hybridized carbons (Fsp3) is 0.0952. The predicted molar refractivity (Wildman–Crippen MR) is 106 cm³/mol. The van der Waals surface area contributed by atoms with Crippen molar-refractivity contribution in [1.29, 1.82) is 0 Å². The molecule has 0 saturated carbocycles. The highest BCUT2D eigenvalue weighted by Gasteiger charge is 2.07. The molecule has 0 fully saturated rings. The molecule has 0 aliphatic carbocycles. The number of ether oxygens (including phenoxy) is 2. The fourth-order valence-corrected chi connectivity index (χ4v) is 2.85. The summed E-state index contributed by atoms with van der Waals surface area (Å²) in [6, 6.07) is 18.5. The quantitative estimate of drug-likeness (QED) is 0.568. The van der Waals surface area contributed by atoms with Crippen molar-refractivity contribution in [3.8, 4) is 11.5 Å². The van der Waals surface area contributed by atoms with Gasteiger partial charge in [0, 0.05) is 11.3 Å². The maximum absolute atomic E-state index is 13.1. The molecule has 0 spiro atoms. The van der Waals surface area contributed by atoms with Crippen LogP contribution in [0.3, 0.4) is 0 Å². The molecule has 3 rings (SSSR count). The van der Waals surface area contributed by atoms with Gasteiger partial charge >= 0.3 is 0 Å². The lowest BCUT2D eigenvalue weighted by Crippen LogP contribution is -2.11. The molecule has 0 atom stereocenters. The molecule has 4 nitrogen and oxygen atoms in total. The van der Waals surface area contributed by atoms with E-state index in [2.05, 4.69) is 21.2 Å². The van der Waals surface area contributed by atoms with Crippen LogP contribution in [-0.4, -0.2) is 13.0 Å². The van der Waals surface area contributed by atoms with E-state index < -0.39 is 0 Å². The smallest absolute Gasteiger partial charge is 0.255 e. The molecule has 0 saturated heterocycles. The average molecular weight is 430 g/mol. The summed E-state index contributed by atoms with van der Waals surface area (Å²) in [5.74, 6) is 0.748. The van der Waals surface area contributed by atoms with E-state index in [1.54, 1.807) is 49.6 Å². The van der Waals surface area contributed by atoms with Gasteiger partial charge in [0.2, 0.25) is 0 Å². The van der Waals surface area contributed by atoms with Crippen molar-refractivity contribution in [3.63, 3.8) is 0 Å². The Morgan fingerprint density at radius 2 is 1.74 bits per heavy atom. The minimum absolute atomic E-state index is 0.200. The zero-order valence-corrected chi connectivity index (χ0v) is 16.1. The number of hydrogen-bond acceptors (Lipinski definition) is 3. The Labute approximate surface area is 165 Å². The van der Waals surface area contributed by atoms with Gasteiger partial charge in [0.25, 0.3) is 5.91 Å². The molecule has 3 aromatic carbocycles. The standard InChI is InChI=1S/C21H17BrFNO3/c1-26-18-9-7-17(8-10-18)24-21(25)15-4-2-14(3-5-15)13-27-20-11-6-16(23)12-19(20)22/h2-12H,13H2,1H3,(H,24,25). The Morgan fingerprint density at radius 1 is 1.04 bits per heavy atom. The Kier molecular flexibility index (Phi) is 6.08. The van der Waals surface area contributed by atoms with Crippen LogP contribution in [0.25, 0.3) is 0 Å². The van der Waals surface area contributed by atoms with Gasteiger partial charge in [-0.25, -0.2) is 4.39 Å². The Hall–Kier alpha value is -2.86. The monoisotopic (exact) mass is 429 g/mol. The van der Waals surface area contributed by atoms with Gasteiger partial charge in [-0.05, 0) is 76.1 Å². The molecule has 1 amide bonds. The minimum atomic E-state index is -0.332. The van der Waals surface area contributed by atoms with Crippen molar-refractivity contribution < 1.29 is 18.7 Å². The van der Waals surface area contributed by atoms with E-state index in [-0.39, 0.29) is 11.7 Å². The van der Waals surface area contributed by atoms with Crippen LogP contribution in [0, 0.1) is 5.82 Å². The van der Waals surface area contributed by atoms with Crippen molar-refractivity contribution in [2.75, 3.05) is 12.4 Å². The zero-order valence-electron chi connectivity index (χ0n) is 14.5. The summed E-state index contributed by atoms with van der Waals surface area (Å²) in [7, 11) is 1.59. The van der Waals surface area contributed by atoms with Crippen LogP contribution in [0.2, 0.25) is 0 Å². The largest absolute Gasteiger partial charge is 0.497 e. The van der Waals surface area contributed by atoms with E-state index in [0.29, 0.717) is 28.1 Å². The van der Waals surface area contributed by atoms with Crippen molar-refractivity contribution in [1.82, 2.24) is 0 Å². The van der Waals surface area contributed by atoms with E-state index in [4.69, 9.17) is 9.47 Å². The second-order valence-corrected chi connectivity index (χ2v) is 6.60. The molecule has 138 valence electrons. The Bertz CT molecular complexity index is 927. The highest BCUT2D eigenvalue weighted by atomic mass is 79.9. The van der Waals surface area contributed by atoms with Crippen LogP contribution >= 0.6 is 15.9 Å². The molecule has 6 heteroatoms. The van der Waals surface area contributed by atoms with E-state index in [1.807, 2.05) is 12.1 Å². The molecule has 0 bridgehead atoms. The average Bonchev–Trinajstić information content (AvgIpc) is 2.68. The number of carbonyl (C=O) groups excluding carboxylic acids is 1. The van der Waals surface area contributed by atoms with Gasteiger partial charge in [-0.3, -0.25) is 4.79 Å². The molecular formula is C21H17BrFNO3. The molecule has 0 radical (unpaired) electrons. The summed E-state index contributed by atoms with van der Waals surface area (Å²) >= 11 is 3.27. The maximum Gasteiger partial charge on any atom is 0.255 e. The lowest BCUT2D eigenvalue weighted by atomic mass is 10.1. The topological polar surface area (TPSA) is 47.6 Å². The summed E-state index contributed by atoms with van der Waals surface area (Å²) in [4.78, 5) is 12.3. The zero-order chi connectivity index (χ0) is 19.2. The van der Waals surface area contributed by atoms with Gasteiger partial charge in [-0.2, -0.15) is 0 Å². The lowest BCUT2D eigenvalue weighted by molar-refractivity contribution is 0.102. The number of carbonyl (C=O) groups is 1. The first-order valence-electron chi connectivity index (χ1n) is 8.17. The molecule has 3 aromatic rings. The number of hydrogen-bond donors (Lipinski definition) is 1. The van der Waals surface area contributed by atoms with Crippen LogP contribution < -0.4 is 14.8 Å². The third-order valence-electron chi connectivity index (χ3n) is 3.85. The van der Waals surface area contributed by atoms with Crippen molar-refractivity contribution in [2.45, 2.75) is 6.61 Å². The first-order valence-corrected chi connectivity index (χ1v) is 8.96. The molecule has 1 N–H and O–H groups in total. The Morgan fingerprint density at radius 3 is 2.37 bits per heavy atom. The van der Waals surface area contributed by atoms with Crippen molar-refractivity contribution >= 4 is 27.5 Å². The SMILES string of the molecule is COc1ccc(NC(=O)c2ccc(COc3ccc(F)cc3Br)cc2)cc1. The van der Waals surface area contributed by atoms with E-state index >= 15 is 0 Å². The summed E-state index contributed by atoms with van der Waals surface area (Å²) in [6.07, 6.45) is 0. The van der Waals surface area contributed by atoms with Gasteiger partial charge in [0.05, 0.1) is 11.6 Å². The summed E-state index contributed by atoms with van der Waals surface area (Å²) < 4.78 is 24.4. The van der Waals surface area contributed by atoms with Crippen molar-refractivity contribution in [2.24, 2.45) is 0 Å². The first kappa shape index (κ1) is 18.9. The van der Waals surface area contributed by atoms with Crippen molar-refractivity contribution in [3.05, 3.63) is 88.1 Å². The lowest BCUT2D eigenvalue weighted by Gasteiger charge is -2.09.